The Balaban J connectivity index is 1.41. The zero-order valence-electron chi connectivity index (χ0n) is 15.0. The van der Waals surface area contributed by atoms with E-state index in [4.69, 9.17) is 0 Å². The van der Waals surface area contributed by atoms with Crippen molar-refractivity contribution in [3.63, 3.8) is 0 Å². The van der Waals surface area contributed by atoms with Gasteiger partial charge in [-0.2, -0.15) is 0 Å². The summed E-state index contributed by atoms with van der Waals surface area (Å²) in [5.41, 5.74) is 0. The van der Waals surface area contributed by atoms with Crippen molar-refractivity contribution < 1.29 is 9.59 Å². The van der Waals surface area contributed by atoms with Crippen molar-refractivity contribution in [2.24, 2.45) is 11.8 Å². The van der Waals surface area contributed by atoms with Gasteiger partial charge in [0.1, 0.15) is 0 Å². The molecule has 2 atom stereocenters. The zero-order chi connectivity index (χ0) is 16.9. The molecule has 4 nitrogen and oxygen atoms in total. The topological polar surface area (TPSA) is 40.6 Å². The van der Waals surface area contributed by atoms with E-state index in [-0.39, 0.29) is 11.1 Å². The largest absolute Gasteiger partial charge is 0.343 e. The van der Waals surface area contributed by atoms with Crippen molar-refractivity contribution in [1.29, 1.82) is 0 Å². The molecule has 2 heterocycles. The molecule has 24 heavy (non-hydrogen) atoms. The number of carbonyl (C=O) groups excluding carboxylic acids is 2. The van der Waals surface area contributed by atoms with Crippen LogP contribution in [0.2, 0.25) is 0 Å². The van der Waals surface area contributed by atoms with Crippen LogP contribution in [0.25, 0.3) is 0 Å². The Morgan fingerprint density at radius 1 is 0.958 bits per heavy atom. The Labute approximate surface area is 150 Å². The van der Waals surface area contributed by atoms with Crippen LogP contribution in [-0.2, 0) is 4.79 Å². The summed E-state index contributed by atoms with van der Waals surface area (Å²) in [7, 11) is 0. The highest BCUT2D eigenvalue weighted by Gasteiger charge is 2.35. The normalized spacial score (nSPS) is 28.5. The number of likely N-dealkylation sites (tertiary alicyclic amines) is 2. The van der Waals surface area contributed by atoms with Gasteiger partial charge in [0.2, 0.25) is 5.91 Å². The maximum absolute atomic E-state index is 12.6. The molecule has 0 N–H and O–H groups in total. The van der Waals surface area contributed by atoms with Crippen LogP contribution in [0.5, 0.6) is 0 Å². The number of hydrogen-bond acceptors (Lipinski definition) is 3. The van der Waals surface area contributed by atoms with E-state index in [0.29, 0.717) is 18.2 Å². The molecule has 1 aliphatic carbocycles. The molecule has 0 spiro atoms. The number of nitrogens with zero attached hydrogens (tertiary/aromatic N) is 2. The zero-order valence-corrected chi connectivity index (χ0v) is 15.9. The summed E-state index contributed by atoms with van der Waals surface area (Å²) in [5.74, 6) is 2.34. The molecule has 3 aliphatic rings. The van der Waals surface area contributed by atoms with E-state index < -0.39 is 0 Å². The van der Waals surface area contributed by atoms with E-state index in [9.17, 15) is 9.59 Å². The lowest BCUT2D eigenvalue weighted by Crippen LogP contribution is -2.48. The molecule has 2 amide bonds. The van der Waals surface area contributed by atoms with E-state index in [1.807, 2.05) is 4.90 Å². The lowest BCUT2D eigenvalue weighted by Gasteiger charge is -2.43. The molecular weight excluding hydrogens is 320 g/mol. The van der Waals surface area contributed by atoms with Gasteiger partial charge in [-0.25, -0.2) is 0 Å². The fourth-order valence-electron chi connectivity index (χ4n) is 4.58. The lowest BCUT2D eigenvalue weighted by molar-refractivity contribution is -0.132. The van der Waals surface area contributed by atoms with Crippen LogP contribution in [0.15, 0.2) is 0 Å². The van der Waals surface area contributed by atoms with Gasteiger partial charge in [-0.15, -0.1) is 0 Å². The quantitative estimate of drug-likeness (QED) is 0.766. The Bertz CT molecular complexity index is 447. The molecule has 0 aromatic carbocycles. The molecule has 5 heteroatoms. The minimum atomic E-state index is 0.215. The Kier molecular flexibility index (Phi) is 6.48. The van der Waals surface area contributed by atoms with Crippen molar-refractivity contribution in [1.82, 2.24) is 9.80 Å². The van der Waals surface area contributed by atoms with Gasteiger partial charge >= 0.3 is 0 Å². The average Bonchev–Trinajstić information content (AvgIpc) is 2.61. The Morgan fingerprint density at radius 2 is 1.67 bits per heavy atom. The lowest BCUT2D eigenvalue weighted by atomic mass is 9.78. The summed E-state index contributed by atoms with van der Waals surface area (Å²) in [6.45, 7) is 4.97. The molecule has 2 saturated heterocycles. The van der Waals surface area contributed by atoms with Crippen LogP contribution in [0, 0.1) is 11.8 Å². The number of thioether (sulfide) groups is 1. The van der Waals surface area contributed by atoms with Gasteiger partial charge < -0.3 is 9.80 Å². The van der Waals surface area contributed by atoms with E-state index >= 15 is 0 Å². The van der Waals surface area contributed by atoms with Gasteiger partial charge in [0.15, 0.2) is 0 Å². The SMILES string of the molecule is CC1CCN(C(=O)CCSC(=O)N2CCCC3CCCCC32)CC1. The summed E-state index contributed by atoms with van der Waals surface area (Å²) < 4.78 is 0. The second-order valence-electron chi connectivity index (χ2n) is 7.88. The minimum absolute atomic E-state index is 0.215. The highest BCUT2D eigenvalue weighted by molar-refractivity contribution is 8.13. The summed E-state index contributed by atoms with van der Waals surface area (Å²) in [6.07, 6.45) is 10.3. The molecule has 3 rings (SSSR count). The molecule has 1 saturated carbocycles. The number of hydrogen-bond donors (Lipinski definition) is 0. The van der Waals surface area contributed by atoms with Crippen LogP contribution in [0.1, 0.15) is 64.7 Å². The molecule has 3 fully saturated rings. The van der Waals surface area contributed by atoms with E-state index in [0.717, 1.165) is 50.7 Å². The highest BCUT2D eigenvalue weighted by Crippen LogP contribution is 2.36. The third-order valence-electron chi connectivity index (χ3n) is 6.16. The van der Waals surface area contributed by atoms with Crippen LogP contribution in [-0.4, -0.2) is 52.4 Å². The first-order chi connectivity index (χ1) is 11.6. The molecule has 0 aromatic heterocycles. The van der Waals surface area contributed by atoms with Crippen LogP contribution < -0.4 is 0 Å². The maximum Gasteiger partial charge on any atom is 0.281 e. The molecule has 136 valence electrons. The second kappa shape index (κ2) is 8.59. The van der Waals surface area contributed by atoms with Crippen molar-refractivity contribution >= 4 is 22.9 Å². The fourth-order valence-corrected chi connectivity index (χ4v) is 5.42. The summed E-state index contributed by atoms with van der Waals surface area (Å²) in [5, 5.41) is 0.215. The molecule has 2 unspecified atom stereocenters. The monoisotopic (exact) mass is 352 g/mol. The van der Waals surface area contributed by atoms with Crippen LogP contribution >= 0.6 is 11.8 Å². The number of piperidine rings is 2. The van der Waals surface area contributed by atoms with Gasteiger partial charge in [0, 0.05) is 37.8 Å². The number of amides is 2. The summed E-state index contributed by atoms with van der Waals surface area (Å²) in [6, 6.07) is 0.479. The third kappa shape index (κ3) is 4.47. The summed E-state index contributed by atoms with van der Waals surface area (Å²) in [4.78, 5) is 29.0. The highest BCUT2D eigenvalue weighted by atomic mass is 32.2. The number of rotatable bonds is 3. The first-order valence-corrected chi connectivity index (χ1v) is 10.8. The summed E-state index contributed by atoms with van der Waals surface area (Å²) >= 11 is 1.37. The standard InChI is InChI=1S/C19H32N2O2S/c1-15-8-12-20(13-9-15)18(22)10-14-24-19(23)21-11-4-6-16-5-2-3-7-17(16)21/h15-17H,2-14H2,1H3. The predicted octanol–water partition coefficient (Wildman–Crippen LogP) is 4.14. The van der Waals surface area contributed by atoms with Crippen molar-refractivity contribution in [2.75, 3.05) is 25.4 Å². The average molecular weight is 353 g/mol. The third-order valence-corrected chi connectivity index (χ3v) is 7.05. The molecule has 0 radical (unpaired) electrons. The number of carbonyl (C=O) groups is 2. The molecule has 0 aromatic rings. The van der Waals surface area contributed by atoms with Gasteiger partial charge in [-0.05, 0) is 50.4 Å². The Hall–Kier alpha value is -0.710. The van der Waals surface area contributed by atoms with Gasteiger partial charge in [-0.1, -0.05) is 31.5 Å². The van der Waals surface area contributed by atoms with Gasteiger partial charge in [-0.3, -0.25) is 9.59 Å². The predicted molar refractivity (Wildman–Crippen MR) is 99.1 cm³/mol. The van der Waals surface area contributed by atoms with Gasteiger partial charge in [0.05, 0.1) is 0 Å². The molecule has 0 bridgehead atoms. The molecule has 2 aliphatic heterocycles. The van der Waals surface area contributed by atoms with E-state index in [1.165, 1.54) is 43.9 Å². The molecular formula is C19H32N2O2S. The van der Waals surface area contributed by atoms with Gasteiger partial charge in [0.25, 0.3) is 5.24 Å². The maximum atomic E-state index is 12.6. The first-order valence-electron chi connectivity index (χ1n) is 9.86. The van der Waals surface area contributed by atoms with Crippen LogP contribution in [0.3, 0.4) is 0 Å². The minimum Gasteiger partial charge on any atom is -0.343 e. The number of fused-ring (bicyclic) bond motifs is 1. The van der Waals surface area contributed by atoms with E-state index in [1.54, 1.807) is 0 Å². The second-order valence-corrected chi connectivity index (χ2v) is 8.92. The smallest absolute Gasteiger partial charge is 0.281 e. The van der Waals surface area contributed by atoms with Crippen molar-refractivity contribution in [3.05, 3.63) is 0 Å². The Morgan fingerprint density at radius 3 is 2.46 bits per heavy atom. The van der Waals surface area contributed by atoms with Crippen molar-refractivity contribution in [2.45, 2.75) is 70.8 Å². The fraction of sp³-hybridized carbons (Fsp3) is 0.895. The van der Waals surface area contributed by atoms with Crippen molar-refractivity contribution in [3.8, 4) is 0 Å². The first kappa shape index (κ1) is 18.1. The van der Waals surface area contributed by atoms with E-state index in [2.05, 4.69) is 11.8 Å². The van der Waals surface area contributed by atoms with Crippen LogP contribution in [0.4, 0.5) is 4.79 Å².